The van der Waals surface area contributed by atoms with Crippen molar-refractivity contribution in [1.29, 1.82) is 0 Å². The largest absolute Gasteiger partial charge is 0.274 e. The highest BCUT2D eigenvalue weighted by Crippen LogP contribution is 2.34. The normalized spacial score (nSPS) is 13.1. The lowest BCUT2D eigenvalue weighted by Crippen LogP contribution is -2.03. The van der Waals surface area contributed by atoms with Crippen LogP contribution in [0.1, 0.15) is 10.9 Å². The Morgan fingerprint density at radius 1 is 1.00 bits per heavy atom. The molecule has 0 aliphatic rings. The first kappa shape index (κ1) is 16.7. The van der Waals surface area contributed by atoms with Gasteiger partial charge in [0.1, 0.15) is 10.5 Å². The molecule has 21 heavy (non-hydrogen) atoms. The summed E-state index contributed by atoms with van der Waals surface area (Å²) in [5.41, 5.74) is 3.96. The van der Waals surface area contributed by atoms with Crippen LogP contribution in [0, 0.1) is 0 Å². The van der Waals surface area contributed by atoms with Crippen molar-refractivity contribution >= 4 is 68.9 Å². The van der Waals surface area contributed by atoms with Gasteiger partial charge < -0.3 is 0 Å². The molecule has 0 aliphatic carbocycles. The summed E-state index contributed by atoms with van der Waals surface area (Å²) in [6, 6.07) is 12.5. The molecule has 1 atom stereocenters. The highest BCUT2D eigenvalue weighted by molar-refractivity contribution is 6.70. The summed E-state index contributed by atoms with van der Waals surface area (Å²) in [7, 11) is 0. The number of nitrogens with one attached hydrogen (secondary N) is 1. The molecule has 1 N–H and O–H groups in total. The van der Waals surface area contributed by atoms with Crippen LogP contribution in [-0.2, 0) is 0 Å². The molecule has 0 saturated heterocycles. The number of halogens is 5. The maximum atomic E-state index is 6.24. The van der Waals surface area contributed by atoms with Crippen LogP contribution in [0.4, 0.5) is 5.69 Å². The van der Waals surface area contributed by atoms with Gasteiger partial charge in [-0.3, -0.25) is 5.43 Å². The standard InChI is InChI=1S/C14H9Cl5N2/c15-9-6-10(16)13(11(17)7-9)20-21-14(19)12(18)8-4-2-1-3-5-8/h1-7,12,20H/b21-14-. The maximum absolute atomic E-state index is 6.24. The summed E-state index contributed by atoms with van der Waals surface area (Å²) in [4.78, 5) is 0. The first-order valence-corrected chi connectivity index (χ1v) is 7.76. The topological polar surface area (TPSA) is 24.4 Å². The zero-order valence-electron chi connectivity index (χ0n) is 10.5. The molecule has 0 aromatic heterocycles. The Morgan fingerprint density at radius 3 is 2.14 bits per heavy atom. The van der Waals surface area contributed by atoms with Crippen LogP contribution in [0.2, 0.25) is 15.1 Å². The minimum Gasteiger partial charge on any atom is -0.274 e. The second-order valence-electron chi connectivity index (χ2n) is 4.06. The minimum atomic E-state index is -0.565. The van der Waals surface area contributed by atoms with Gasteiger partial charge in [-0.25, -0.2) is 0 Å². The SMILES string of the molecule is Cl/C(=N\Nc1c(Cl)cc(Cl)cc1Cl)C(Cl)c1ccccc1. The number of nitrogens with zero attached hydrogens (tertiary/aromatic N) is 1. The molecule has 0 saturated carbocycles. The summed E-state index contributed by atoms with van der Waals surface area (Å²) < 4.78 is 0. The molecule has 2 rings (SSSR count). The Balaban J connectivity index is 2.18. The lowest BCUT2D eigenvalue weighted by molar-refractivity contribution is 1.24. The van der Waals surface area contributed by atoms with Gasteiger partial charge in [-0.2, -0.15) is 5.10 Å². The van der Waals surface area contributed by atoms with Crippen LogP contribution in [0.25, 0.3) is 0 Å². The van der Waals surface area contributed by atoms with Gasteiger partial charge in [0.25, 0.3) is 0 Å². The second-order valence-corrected chi connectivity index (χ2v) is 6.14. The van der Waals surface area contributed by atoms with Crippen molar-refractivity contribution in [3.05, 3.63) is 63.1 Å². The van der Waals surface area contributed by atoms with Crippen molar-refractivity contribution in [3.63, 3.8) is 0 Å². The predicted octanol–water partition coefficient (Wildman–Crippen LogP) is 6.59. The van der Waals surface area contributed by atoms with E-state index < -0.39 is 5.38 Å². The molecular formula is C14H9Cl5N2. The Morgan fingerprint density at radius 2 is 1.57 bits per heavy atom. The molecule has 2 nitrogen and oxygen atoms in total. The molecule has 0 heterocycles. The van der Waals surface area contributed by atoms with Crippen molar-refractivity contribution < 1.29 is 0 Å². The lowest BCUT2D eigenvalue weighted by atomic mass is 10.2. The fourth-order valence-corrected chi connectivity index (χ4v) is 2.84. The molecule has 2 aromatic carbocycles. The van der Waals surface area contributed by atoms with E-state index in [1.165, 1.54) is 0 Å². The van der Waals surface area contributed by atoms with Gasteiger partial charge in [0, 0.05) is 5.02 Å². The van der Waals surface area contributed by atoms with Crippen molar-refractivity contribution in [2.45, 2.75) is 5.38 Å². The fourth-order valence-electron chi connectivity index (χ4n) is 1.57. The fraction of sp³-hybridized carbons (Fsp3) is 0.0714. The van der Waals surface area contributed by atoms with Crippen LogP contribution in [0.3, 0.4) is 0 Å². The molecule has 110 valence electrons. The van der Waals surface area contributed by atoms with E-state index in [0.29, 0.717) is 20.8 Å². The van der Waals surface area contributed by atoms with Gasteiger partial charge in [-0.05, 0) is 17.7 Å². The third-order valence-corrected chi connectivity index (χ3v) is 4.27. The van der Waals surface area contributed by atoms with Gasteiger partial charge in [0.15, 0.2) is 0 Å². The van der Waals surface area contributed by atoms with Gasteiger partial charge in [0.05, 0.1) is 15.7 Å². The van der Waals surface area contributed by atoms with Crippen LogP contribution in [0.15, 0.2) is 47.6 Å². The number of benzene rings is 2. The molecule has 0 radical (unpaired) electrons. The molecule has 0 fully saturated rings. The zero-order chi connectivity index (χ0) is 15.4. The van der Waals surface area contributed by atoms with E-state index in [9.17, 15) is 0 Å². The Labute approximate surface area is 147 Å². The number of alkyl halides is 1. The molecule has 7 heteroatoms. The highest BCUT2D eigenvalue weighted by Gasteiger charge is 2.14. The highest BCUT2D eigenvalue weighted by atomic mass is 35.5. The summed E-state index contributed by atoms with van der Waals surface area (Å²) >= 11 is 30.2. The summed E-state index contributed by atoms with van der Waals surface area (Å²) in [5, 5.41) is 4.73. The molecule has 0 bridgehead atoms. The quantitative estimate of drug-likeness (QED) is 0.360. The summed E-state index contributed by atoms with van der Waals surface area (Å²) in [6.07, 6.45) is 0. The minimum absolute atomic E-state index is 0.171. The van der Waals surface area contributed by atoms with Crippen molar-refractivity contribution in [2.24, 2.45) is 5.10 Å². The first-order valence-electron chi connectivity index (χ1n) is 5.81. The third kappa shape index (κ3) is 4.41. The van der Waals surface area contributed by atoms with Crippen LogP contribution in [-0.4, -0.2) is 5.17 Å². The van der Waals surface area contributed by atoms with Gasteiger partial charge >= 0.3 is 0 Å². The average molecular weight is 383 g/mol. The van der Waals surface area contributed by atoms with Crippen molar-refractivity contribution in [3.8, 4) is 0 Å². The summed E-state index contributed by atoms with van der Waals surface area (Å²) in [6.45, 7) is 0. The van der Waals surface area contributed by atoms with Gasteiger partial charge in [-0.15, -0.1) is 11.6 Å². The zero-order valence-corrected chi connectivity index (χ0v) is 14.2. The molecule has 0 spiro atoms. The Hall–Kier alpha value is -0.640. The van der Waals surface area contributed by atoms with E-state index in [4.69, 9.17) is 58.0 Å². The van der Waals surface area contributed by atoms with E-state index in [-0.39, 0.29) is 5.17 Å². The Kier molecular flexibility index (Phi) is 6.03. The average Bonchev–Trinajstić information content (AvgIpc) is 2.46. The molecule has 0 amide bonds. The number of anilines is 1. The maximum Gasteiger partial charge on any atom is 0.148 e. The van der Waals surface area contributed by atoms with Crippen LogP contribution >= 0.6 is 58.0 Å². The van der Waals surface area contributed by atoms with E-state index in [1.54, 1.807) is 12.1 Å². The van der Waals surface area contributed by atoms with Gasteiger partial charge in [-0.1, -0.05) is 76.7 Å². The molecular weight excluding hydrogens is 373 g/mol. The number of hydrazone groups is 1. The monoisotopic (exact) mass is 380 g/mol. The van der Waals surface area contributed by atoms with E-state index in [2.05, 4.69) is 10.5 Å². The smallest absolute Gasteiger partial charge is 0.148 e. The first-order chi connectivity index (χ1) is 9.99. The third-order valence-electron chi connectivity index (χ3n) is 2.58. The van der Waals surface area contributed by atoms with E-state index in [1.807, 2.05) is 30.3 Å². The van der Waals surface area contributed by atoms with E-state index >= 15 is 0 Å². The molecule has 0 aliphatic heterocycles. The number of hydrogen-bond donors (Lipinski definition) is 1. The Bertz CT molecular complexity index is 635. The van der Waals surface area contributed by atoms with Crippen molar-refractivity contribution in [2.75, 3.05) is 5.43 Å². The number of rotatable bonds is 4. The van der Waals surface area contributed by atoms with Gasteiger partial charge in [0.2, 0.25) is 0 Å². The molecule has 2 aromatic rings. The van der Waals surface area contributed by atoms with E-state index in [0.717, 1.165) is 5.56 Å². The van der Waals surface area contributed by atoms with Crippen LogP contribution in [0.5, 0.6) is 0 Å². The van der Waals surface area contributed by atoms with Crippen molar-refractivity contribution in [1.82, 2.24) is 0 Å². The van der Waals surface area contributed by atoms with Crippen LogP contribution < -0.4 is 5.43 Å². The number of hydrogen-bond acceptors (Lipinski definition) is 2. The lowest BCUT2D eigenvalue weighted by Gasteiger charge is -2.10. The molecule has 1 unspecified atom stereocenters. The predicted molar refractivity (Wildman–Crippen MR) is 93.4 cm³/mol. The summed E-state index contributed by atoms with van der Waals surface area (Å²) in [5.74, 6) is 0. The second kappa shape index (κ2) is 7.57.